The number of carbonyl (C=O) groups is 2. The Hall–Kier alpha value is -2.12. The van der Waals surface area contributed by atoms with Gasteiger partial charge in [0.15, 0.2) is 6.23 Å². The molecule has 0 saturated carbocycles. The molecule has 0 bridgehead atoms. The van der Waals surface area contributed by atoms with Gasteiger partial charge in [-0.3, -0.25) is 9.69 Å². The highest BCUT2D eigenvalue weighted by Gasteiger charge is 2.40. The lowest BCUT2D eigenvalue weighted by atomic mass is 10.2. The number of methoxy groups -OCH3 is 1. The average molecular weight is 306 g/mol. The summed E-state index contributed by atoms with van der Waals surface area (Å²) in [6.45, 7) is 0.475. The van der Waals surface area contributed by atoms with Gasteiger partial charge in [0.25, 0.3) is 0 Å². The number of rotatable bonds is 5. The molecule has 1 saturated heterocycles. The molecule has 1 aromatic heterocycles. The van der Waals surface area contributed by atoms with Crippen molar-refractivity contribution >= 4 is 11.9 Å². The Bertz CT molecular complexity index is 581. The number of ether oxygens (including phenoxy) is 3. The third kappa shape index (κ3) is 2.77. The van der Waals surface area contributed by atoms with Gasteiger partial charge in [-0.2, -0.15) is 0 Å². The van der Waals surface area contributed by atoms with Crippen molar-refractivity contribution in [3.8, 4) is 0 Å². The van der Waals surface area contributed by atoms with Crippen LogP contribution in [0.2, 0.25) is 0 Å². The molecule has 2 aliphatic rings. The fraction of sp³-hybridized carbons (Fsp3) is 0.467. The number of carbonyl (C=O) groups excluding carboxylic acids is 2. The lowest BCUT2D eigenvalue weighted by Crippen LogP contribution is -2.44. The molecule has 0 aliphatic carbocycles. The second-order valence-corrected chi connectivity index (χ2v) is 5.15. The SMILES string of the molecule is CO[C@@H]1CCC(=O)N1[C@@H]1OCC=C1COC(=O)c1ccc[nH]1. The number of esters is 1. The molecule has 3 rings (SSSR count). The van der Waals surface area contributed by atoms with Gasteiger partial charge in [-0.1, -0.05) is 6.08 Å². The van der Waals surface area contributed by atoms with Crippen LogP contribution in [0.1, 0.15) is 23.3 Å². The van der Waals surface area contributed by atoms with E-state index in [0.29, 0.717) is 25.1 Å². The molecule has 1 fully saturated rings. The van der Waals surface area contributed by atoms with E-state index in [1.54, 1.807) is 30.3 Å². The van der Waals surface area contributed by atoms with Crippen molar-refractivity contribution in [2.45, 2.75) is 25.3 Å². The summed E-state index contributed by atoms with van der Waals surface area (Å²) in [5.41, 5.74) is 1.15. The van der Waals surface area contributed by atoms with Crippen molar-refractivity contribution in [2.75, 3.05) is 20.3 Å². The number of aromatic nitrogens is 1. The summed E-state index contributed by atoms with van der Waals surface area (Å²) in [5.74, 6) is -0.451. The van der Waals surface area contributed by atoms with Crippen molar-refractivity contribution in [2.24, 2.45) is 0 Å². The van der Waals surface area contributed by atoms with Gasteiger partial charge in [0.1, 0.15) is 18.5 Å². The quantitative estimate of drug-likeness (QED) is 0.649. The number of nitrogens with zero attached hydrogens (tertiary/aromatic N) is 1. The summed E-state index contributed by atoms with van der Waals surface area (Å²) < 4.78 is 16.2. The average Bonchev–Trinajstić information content (AvgIpc) is 3.25. The highest BCUT2D eigenvalue weighted by Crippen LogP contribution is 2.28. The molecule has 2 aliphatic heterocycles. The standard InChI is InChI=1S/C15H18N2O5/c1-20-13-5-4-12(18)17(13)14-10(6-8-21-14)9-22-15(19)11-3-2-7-16-11/h2-3,6-7,13-14,16H,4-5,8-9H2,1H3/t13-,14-/m1/s1. The predicted molar refractivity (Wildman–Crippen MR) is 75.8 cm³/mol. The Morgan fingerprint density at radius 3 is 3.14 bits per heavy atom. The Labute approximate surface area is 127 Å². The van der Waals surface area contributed by atoms with Crippen LogP contribution in [0.25, 0.3) is 0 Å². The molecule has 0 unspecified atom stereocenters. The first-order valence-corrected chi connectivity index (χ1v) is 7.15. The van der Waals surface area contributed by atoms with Crippen LogP contribution >= 0.6 is 0 Å². The molecule has 3 heterocycles. The minimum atomic E-state index is -0.517. The largest absolute Gasteiger partial charge is 0.456 e. The highest BCUT2D eigenvalue weighted by molar-refractivity contribution is 5.87. The maximum Gasteiger partial charge on any atom is 0.355 e. The first kappa shape index (κ1) is 14.8. The van der Waals surface area contributed by atoms with Gasteiger partial charge >= 0.3 is 5.97 Å². The maximum atomic E-state index is 12.0. The van der Waals surface area contributed by atoms with E-state index >= 15 is 0 Å². The molecular weight excluding hydrogens is 288 g/mol. The topological polar surface area (TPSA) is 80.9 Å². The van der Waals surface area contributed by atoms with Gasteiger partial charge in [-0.25, -0.2) is 4.79 Å². The van der Waals surface area contributed by atoms with Gasteiger partial charge in [0.2, 0.25) is 5.91 Å². The molecule has 1 N–H and O–H groups in total. The number of aromatic amines is 1. The van der Waals surface area contributed by atoms with Crippen molar-refractivity contribution in [1.29, 1.82) is 0 Å². The van der Waals surface area contributed by atoms with Crippen LogP contribution < -0.4 is 0 Å². The van der Waals surface area contributed by atoms with Crippen LogP contribution in [0, 0.1) is 0 Å². The van der Waals surface area contributed by atoms with E-state index in [4.69, 9.17) is 14.2 Å². The Morgan fingerprint density at radius 1 is 1.55 bits per heavy atom. The van der Waals surface area contributed by atoms with Gasteiger partial charge in [-0.15, -0.1) is 0 Å². The molecule has 2 atom stereocenters. The molecular formula is C15H18N2O5. The molecule has 22 heavy (non-hydrogen) atoms. The number of amides is 1. The monoisotopic (exact) mass is 306 g/mol. The number of H-pyrrole nitrogens is 1. The zero-order valence-corrected chi connectivity index (χ0v) is 12.3. The summed E-state index contributed by atoms with van der Waals surface area (Å²) in [5, 5.41) is 0. The minimum absolute atomic E-state index is 0.0136. The Morgan fingerprint density at radius 2 is 2.41 bits per heavy atom. The van der Waals surface area contributed by atoms with Gasteiger partial charge < -0.3 is 19.2 Å². The van der Waals surface area contributed by atoms with Crippen LogP contribution in [-0.4, -0.2) is 54.5 Å². The lowest BCUT2D eigenvalue weighted by molar-refractivity contribution is -0.151. The molecule has 1 aromatic rings. The smallest absolute Gasteiger partial charge is 0.355 e. The zero-order chi connectivity index (χ0) is 15.5. The van der Waals surface area contributed by atoms with Gasteiger partial charge in [-0.05, 0) is 12.1 Å². The molecule has 118 valence electrons. The van der Waals surface area contributed by atoms with Crippen molar-refractivity contribution < 1.29 is 23.8 Å². The first-order chi connectivity index (χ1) is 10.7. The van der Waals surface area contributed by atoms with Gasteiger partial charge in [0.05, 0.1) is 6.61 Å². The van der Waals surface area contributed by atoms with E-state index in [1.807, 2.05) is 6.08 Å². The second-order valence-electron chi connectivity index (χ2n) is 5.15. The zero-order valence-electron chi connectivity index (χ0n) is 12.3. The third-order valence-corrected chi connectivity index (χ3v) is 3.83. The lowest BCUT2D eigenvalue weighted by Gasteiger charge is -2.30. The summed E-state index contributed by atoms with van der Waals surface area (Å²) in [7, 11) is 1.57. The molecule has 7 heteroatoms. The summed E-state index contributed by atoms with van der Waals surface area (Å²) >= 11 is 0. The van der Waals surface area contributed by atoms with E-state index in [2.05, 4.69) is 4.98 Å². The van der Waals surface area contributed by atoms with Gasteiger partial charge in [0, 0.05) is 31.7 Å². The number of hydrogen-bond acceptors (Lipinski definition) is 5. The normalized spacial score (nSPS) is 24.7. The van der Waals surface area contributed by atoms with E-state index in [0.717, 1.165) is 5.57 Å². The second kappa shape index (κ2) is 6.33. The first-order valence-electron chi connectivity index (χ1n) is 7.15. The Balaban J connectivity index is 1.63. The number of likely N-dealkylation sites (tertiary alicyclic amines) is 1. The fourth-order valence-electron chi connectivity index (χ4n) is 2.72. The van der Waals surface area contributed by atoms with Crippen molar-refractivity contribution in [3.05, 3.63) is 35.7 Å². The van der Waals surface area contributed by atoms with E-state index in [1.165, 1.54) is 0 Å². The van der Waals surface area contributed by atoms with Crippen LogP contribution in [-0.2, 0) is 19.0 Å². The fourth-order valence-corrected chi connectivity index (χ4v) is 2.72. The molecule has 0 spiro atoms. The summed E-state index contributed by atoms with van der Waals surface area (Å²) in [4.78, 5) is 28.3. The molecule has 1 amide bonds. The van der Waals surface area contributed by atoms with Crippen LogP contribution in [0.5, 0.6) is 0 Å². The maximum absolute atomic E-state index is 12.0. The number of nitrogens with one attached hydrogen (secondary N) is 1. The minimum Gasteiger partial charge on any atom is -0.456 e. The molecule has 0 aromatic carbocycles. The number of hydrogen-bond donors (Lipinski definition) is 1. The third-order valence-electron chi connectivity index (χ3n) is 3.83. The van der Waals surface area contributed by atoms with Crippen LogP contribution in [0.3, 0.4) is 0 Å². The van der Waals surface area contributed by atoms with Crippen LogP contribution in [0.15, 0.2) is 30.0 Å². The van der Waals surface area contributed by atoms with E-state index in [-0.39, 0.29) is 18.7 Å². The molecule has 7 nitrogen and oxygen atoms in total. The highest BCUT2D eigenvalue weighted by atomic mass is 16.5. The predicted octanol–water partition coefficient (Wildman–Crippen LogP) is 1.05. The van der Waals surface area contributed by atoms with Crippen LogP contribution in [0.4, 0.5) is 0 Å². The molecule has 0 radical (unpaired) electrons. The van der Waals surface area contributed by atoms with E-state index < -0.39 is 12.2 Å². The summed E-state index contributed by atoms with van der Waals surface area (Å²) in [6.07, 6.45) is 3.77. The Kier molecular flexibility index (Phi) is 4.26. The van der Waals surface area contributed by atoms with Crippen molar-refractivity contribution in [3.63, 3.8) is 0 Å². The van der Waals surface area contributed by atoms with Crippen molar-refractivity contribution in [1.82, 2.24) is 9.88 Å². The van der Waals surface area contributed by atoms with E-state index in [9.17, 15) is 9.59 Å². The summed E-state index contributed by atoms with van der Waals surface area (Å²) in [6, 6.07) is 3.37.